The Kier molecular flexibility index (Phi) is 3.58. The first-order valence-electron chi connectivity index (χ1n) is 5.49. The van der Waals surface area contributed by atoms with Crippen LogP contribution in [0.25, 0.3) is 0 Å². The minimum atomic E-state index is -3.70. The molecule has 5 N–H and O–H groups in total. The second-order valence-corrected chi connectivity index (χ2v) is 5.62. The van der Waals surface area contributed by atoms with Crippen LogP contribution in [0.2, 0.25) is 0 Å². The van der Waals surface area contributed by atoms with E-state index in [1.54, 1.807) is 0 Å². The van der Waals surface area contributed by atoms with Crippen molar-refractivity contribution < 1.29 is 18.0 Å². The molecule has 1 aromatic rings. The summed E-state index contributed by atoms with van der Waals surface area (Å²) >= 11 is 0. The molecule has 0 saturated heterocycles. The van der Waals surface area contributed by atoms with E-state index in [2.05, 4.69) is 14.6 Å². The molecule has 0 spiro atoms. The molecule has 1 fully saturated rings. The lowest BCUT2D eigenvalue weighted by molar-refractivity contribution is 0.318. The van der Waals surface area contributed by atoms with Crippen molar-refractivity contribution in [3.05, 3.63) is 29.6 Å². The number of nitrogens with zero attached hydrogens (tertiary/aromatic N) is 1. The molecule has 0 aliphatic heterocycles. The zero-order valence-corrected chi connectivity index (χ0v) is 10.6. The van der Waals surface area contributed by atoms with Crippen molar-refractivity contribution in [3.63, 3.8) is 0 Å². The van der Waals surface area contributed by atoms with Gasteiger partial charge < -0.3 is 10.9 Å². The van der Waals surface area contributed by atoms with Crippen LogP contribution >= 0.6 is 0 Å². The van der Waals surface area contributed by atoms with Crippen LogP contribution in [0.3, 0.4) is 0 Å². The zero-order valence-electron chi connectivity index (χ0n) is 9.80. The molecule has 9 heteroatoms. The summed E-state index contributed by atoms with van der Waals surface area (Å²) in [6, 6.07) is 3.38. The number of hydrogen-bond donors (Lipinski definition) is 4. The van der Waals surface area contributed by atoms with Crippen molar-refractivity contribution in [2.45, 2.75) is 18.9 Å². The Morgan fingerprint density at radius 1 is 1.47 bits per heavy atom. The highest BCUT2D eigenvalue weighted by Gasteiger charge is 2.26. The molecule has 104 valence electrons. The molecular weight excluding hydrogens is 275 g/mol. The van der Waals surface area contributed by atoms with Crippen molar-refractivity contribution in [1.82, 2.24) is 4.72 Å². The van der Waals surface area contributed by atoms with Crippen molar-refractivity contribution >= 4 is 21.7 Å². The Balaban J connectivity index is 2.21. The van der Waals surface area contributed by atoms with Gasteiger partial charge in [0, 0.05) is 6.04 Å². The standard InChI is InChI=1S/C10H13FN4O3S/c11-9-4-3-7(5-8(9)10(12)13-16)15-19(17,18)14-6-1-2-6/h3-6,14-16H,1-2H2,(H2,12,13). The Labute approximate surface area is 109 Å². The maximum atomic E-state index is 13.4. The normalized spacial score (nSPS) is 16.4. The van der Waals surface area contributed by atoms with Gasteiger partial charge in [0.25, 0.3) is 10.2 Å². The molecule has 7 nitrogen and oxygen atoms in total. The molecule has 0 radical (unpaired) electrons. The van der Waals surface area contributed by atoms with Gasteiger partial charge in [-0.2, -0.15) is 13.1 Å². The number of amidine groups is 1. The predicted octanol–water partition coefficient (Wildman–Crippen LogP) is 0.329. The van der Waals surface area contributed by atoms with Gasteiger partial charge in [0.05, 0.1) is 11.3 Å². The zero-order chi connectivity index (χ0) is 14.0. The van der Waals surface area contributed by atoms with E-state index in [0.717, 1.165) is 25.0 Å². The molecule has 1 aliphatic rings. The van der Waals surface area contributed by atoms with E-state index in [-0.39, 0.29) is 17.3 Å². The van der Waals surface area contributed by atoms with Crippen molar-refractivity contribution in [2.75, 3.05) is 4.72 Å². The summed E-state index contributed by atoms with van der Waals surface area (Å²) < 4.78 is 41.4. The SMILES string of the molecule is N/C(=N/O)c1cc(NS(=O)(=O)NC2CC2)ccc1F. The Hall–Kier alpha value is -1.87. The van der Waals surface area contributed by atoms with Crippen molar-refractivity contribution in [1.29, 1.82) is 0 Å². The Morgan fingerprint density at radius 3 is 2.74 bits per heavy atom. The third-order valence-corrected chi connectivity index (χ3v) is 3.65. The predicted molar refractivity (Wildman–Crippen MR) is 67.6 cm³/mol. The molecule has 0 heterocycles. The lowest BCUT2D eigenvalue weighted by Crippen LogP contribution is -2.31. The lowest BCUT2D eigenvalue weighted by atomic mass is 10.2. The number of benzene rings is 1. The summed E-state index contributed by atoms with van der Waals surface area (Å²) in [5, 5.41) is 11.2. The van der Waals surface area contributed by atoms with Gasteiger partial charge in [-0.15, -0.1) is 0 Å². The molecule has 0 unspecified atom stereocenters. The summed E-state index contributed by atoms with van der Waals surface area (Å²) in [6.45, 7) is 0. The van der Waals surface area contributed by atoms with Gasteiger partial charge >= 0.3 is 0 Å². The summed E-state index contributed by atoms with van der Waals surface area (Å²) in [7, 11) is -3.70. The quantitative estimate of drug-likeness (QED) is 0.270. The minimum absolute atomic E-state index is 0.0403. The van der Waals surface area contributed by atoms with Crippen LogP contribution in [0.1, 0.15) is 18.4 Å². The van der Waals surface area contributed by atoms with Crippen LogP contribution in [0.4, 0.5) is 10.1 Å². The first-order chi connectivity index (χ1) is 8.91. The molecule has 1 saturated carbocycles. The monoisotopic (exact) mass is 288 g/mol. The van der Waals surface area contributed by atoms with E-state index in [9.17, 15) is 12.8 Å². The maximum Gasteiger partial charge on any atom is 0.299 e. The summed E-state index contributed by atoms with van der Waals surface area (Å²) in [6.07, 6.45) is 1.61. The molecule has 1 aliphatic carbocycles. The van der Waals surface area contributed by atoms with Crippen LogP contribution in [0.15, 0.2) is 23.4 Å². The summed E-state index contributed by atoms with van der Waals surface area (Å²) in [4.78, 5) is 0. The van der Waals surface area contributed by atoms with Gasteiger partial charge in [-0.05, 0) is 31.0 Å². The molecular formula is C10H13FN4O3S. The van der Waals surface area contributed by atoms with Crippen molar-refractivity contribution in [3.8, 4) is 0 Å². The number of nitrogens with one attached hydrogen (secondary N) is 2. The number of oxime groups is 1. The van der Waals surface area contributed by atoms with Gasteiger partial charge in [-0.1, -0.05) is 5.16 Å². The number of hydrogen-bond acceptors (Lipinski definition) is 4. The van der Waals surface area contributed by atoms with Gasteiger partial charge in [-0.25, -0.2) is 4.39 Å². The molecule has 0 bridgehead atoms. The van der Waals surface area contributed by atoms with E-state index < -0.39 is 21.9 Å². The van der Waals surface area contributed by atoms with Crippen LogP contribution in [-0.2, 0) is 10.2 Å². The summed E-state index contributed by atoms with van der Waals surface area (Å²) in [5.41, 5.74) is 5.22. The number of anilines is 1. The smallest absolute Gasteiger partial charge is 0.299 e. The largest absolute Gasteiger partial charge is 0.409 e. The first kappa shape index (κ1) is 13.6. The molecule has 1 aromatic carbocycles. The van der Waals surface area contributed by atoms with Gasteiger partial charge in [0.1, 0.15) is 5.82 Å². The highest BCUT2D eigenvalue weighted by Crippen LogP contribution is 2.21. The van der Waals surface area contributed by atoms with E-state index in [0.29, 0.717) is 0 Å². The maximum absolute atomic E-state index is 13.4. The number of rotatable bonds is 5. The minimum Gasteiger partial charge on any atom is -0.409 e. The van der Waals surface area contributed by atoms with Gasteiger partial charge in [0.15, 0.2) is 5.84 Å². The highest BCUT2D eigenvalue weighted by molar-refractivity contribution is 7.90. The van der Waals surface area contributed by atoms with E-state index in [1.807, 2.05) is 0 Å². The van der Waals surface area contributed by atoms with E-state index >= 15 is 0 Å². The second kappa shape index (κ2) is 5.02. The molecule has 19 heavy (non-hydrogen) atoms. The average Bonchev–Trinajstić information content (AvgIpc) is 3.13. The first-order valence-corrected chi connectivity index (χ1v) is 6.97. The van der Waals surface area contributed by atoms with Crippen LogP contribution in [-0.4, -0.2) is 25.5 Å². The number of halogens is 1. The lowest BCUT2D eigenvalue weighted by Gasteiger charge is -2.10. The Bertz CT molecular complexity index is 613. The van der Waals surface area contributed by atoms with Crippen molar-refractivity contribution in [2.24, 2.45) is 10.9 Å². The van der Waals surface area contributed by atoms with E-state index in [4.69, 9.17) is 10.9 Å². The highest BCUT2D eigenvalue weighted by atomic mass is 32.2. The molecule has 2 rings (SSSR count). The van der Waals surface area contributed by atoms with Gasteiger partial charge in [-0.3, -0.25) is 4.72 Å². The second-order valence-electron chi connectivity index (χ2n) is 4.18. The number of nitrogens with two attached hydrogens (primary N) is 1. The topological polar surface area (TPSA) is 117 Å². The average molecular weight is 288 g/mol. The third-order valence-electron chi connectivity index (χ3n) is 2.50. The van der Waals surface area contributed by atoms with Gasteiger partial charge in [0.2, 0.25) is 0 Å². The van der Waals surface area contributed by atoms with Crippen LogP contribution in [0.5, 0.6) is 0 Å². The summed E-state index contributed by atoms with van der Waals surface area (Å²) in [5.74, 6) is -1.15. The fourth-order valence-electron chi connectivity index (χ4n) is 1.44. The fraction of sp³-hybridized carbons (Fsp3) is 0.300. The fourth-order valence-corrected chi connectivity index (χ4v) is 2.61. The van der Waals surface area contributed by atoms with Crippen LogP contribution < -0.4 is 15.2 Å². The molecule has 0 amide bonds. The van der Waals surface area contributed by atoms with E-state index in [1.165, 1.54) is 6.07 Å². The Morgan fingerprint density at radius 2 is 2.16 bits per heavy atom. The molecule has 0 aromatic heterocycles. The molecule has 0 atom stereocenters. The van der Waals surface area contributed by atoms with Crippen LogP contribution in [0, 0.1) is 5.82 Å². The third kappa shape index (κ3) is 3.55.